The lowest BCUT2D eigenvalue weighted by atomic mass is 10.1. The zero-order chi connectivity index (χ0) is 23.5. The molecular weight excluding hydrogens is 428 g/mol. The van der Waals surface area contributed by atoms with Crippen LogP contribution in [0.4, 0.5) is 5.69 Å². The lowest BCUT2D eigenvalue weighted by molar-refractivity contribution is 0.101. The van der Waals surface area contributed by atoms with Crippen molar-refractivity contribution in [1.29, 1.82) is 0 Å². The highest BCUT2D eigenvalue weighted by molar-refractivity contribution is 6.03. The first kappa shape index (κ1) is 21.1. The Balaban J connectivity index is 1.28. The molecule has 1 amide bonds. The number of nitrogens with one attached hydrogen (secondary N) is 1. The SMILES string of the molecule is Cc1nc(Oc2ccc(NC(=O)c3cc(-c4ccccc4)nn3C)cc2)cc(-n2cccc2)n1. The average Bonchev–Trinajstić information content (AvgIpc) is 3.51. The van der Waals surface area contributed by atoms with Crippen molar-refractivity contribution >= 4 is 11.6 Å². The first-order chi connectivity index (χ1) is 16.5. The van der Waals surface area contributed by atoms with E-state index < -0.39 is 0 Å². The summed E-state index contributed by atoms with van der Waals surface area (Å²) in [5, 5.41) is 7.37. The van der Waals surface area contributed by atoms with Gasteiger partial charge in [-0.2, -0.15) is 10.1 Å². The second-order valence-corrected chi connectivity index (χ2v) is 7.69. The highest BCUT2D eigenvalue weighted by atomic mass is 16.5. The van der Waals surface area contributed by atoms with Gasteiger partial charge in [-0.05, 0) is 49.4 Å². The van der Waals surface area contributed by atoms with Gasteiger partial charge >= 0.3 is 0 Å². The quantitative estimate of drug-likeness (QED) is 0.392. The molecule has 0 bridgehead atoms. The van der Waals surface area contributed by atoms with Crippen molar-refractivity contribution in [2.75, 3.05) is 5.32 Å². The highest BCUT2D eigenvalue weighted by Crippen LogP contribution is 2.24. The lowest BCUT2D eigenvalue weighted by Crippen LogP contribution is -2.15. The lowest BCUT2D eigenvalue weighted by Gasteiger charge is -2.10. The second kappa shape index (κ2) is 9.03. The van der Waals surface area contributed by atoms with Crippen molar-refractivity contribution in [2.24, 2.45) is 7.05 Å². The Morgan fingerprint density at radius 2 is 1.65 bits per heavy atom. The Hall–Kier alpha value is -4.72. The van der Waals surface area contributed by atoms with E-state index in [1.54, 1.807) is 48.1 Å². The molecule has 0 aliphatic carbocycles. The standard InChI is InChI=1S/C26H22N6O2/c1-18-27-24(32-14-6-7-15-32)17-25(28-18)34-21-12-10-20(11-13-21)29-26(33)23-16-22(30-31(23)2)19-8-4-3-5-9-19/h3-17H,1-2H3,(H,29,33). The van der Waals surface area contributed by atoms with E-state index in [1.807, 2.05) is 66.3 Å². The Bertz CT molecular complexity index is 1420. The zero-order valence-corrected chi connectivity index (χ0v) is 18.7. The van der Waals surface area contributed by atoms with Crippen LogP contribution in [-0.4, -0.2) is 30.2 Å². The number of rotatable bonds is 6. The summed E-state index contributed by atoms with van der Waals surface area (Å²) in [6.07, 6.45) is 3.82. The van der Waals surface area contributed by atoms with Gasteiger partial charge in [0.05, 0.1) is 5.69 Å². The number of carbonyl (C=O) groups excluding carboxylic acids is 1. The third-order valence-corrected chi connectivity index (χ3v) is 5.19. The Morgan fingerprint density at radius 3 is 2.38 bits per heavy atom. The predicted octanol–water partition coefficient (Wildman–Crippen LogP) is 5.02. The normalized spacial score (nSPS) is 10.8. The van der Waals surface area contributed by atoms with Crippen molar-refractivity contribution in [3.8, 4) is 28.7 Å². The minimum Gasteiger partial charge on any atom is -0.439 e. The molecule has 2 aromatic carbocycles. The van der Waals surface area contributed by atoms with Gasteiger partial charge in [0.1, 0.15) is 23.1 Å². The van der Waals surface area contributed by atoms with Crippen LogP contribution in [0.2, 0.25) is 0 Å². The molecule has 0 spiro atoms. The van der Waals surface area contributed by atoms with Crippen LogP contribution in [0.25, 0.3) is 17.1 Å². The summed E-state index contributed by atoms with van der Waals surface area (Å²) in [4.78, 5) is 21.6. The van der Waals surface area contributed by atoms with Crippen molar-refractivity contribution in [3.63, 3.8) is 0 Å². The number of carbonyl (C=O) groups is 1. The van der Waals surface area contributed by atoms with Crippen molar-refractivity contribution in [3.05, 3.63) is 103 Å². The van der Waals surface area contributed by atoms with Gasteiger partial charge in [0.15, 0.2) is 0 Å². The maximum atomic E-state index is 12.8. The summed E-state index contributed by atoms with van der Waals surface area (Å²) in [5.41, 5.74) is 2.81. The molecule has 0 aliphatic heterocycles. The summed E-state index contributed by atoms with van der Waals surface area (Å²) < 4.78 is 9.39. The number of hydrogen-bond acceptors (Lipinski definition) is 5. The van der Waals surface area contributed by atoms with Crippen LogP contribution in [0.1, 0.15) is 16.3 Å². The third-order valence-electron chi connectivity index (χ3n) is 5.19. The van der Waals surface area contributed by atoms with Gasteiger partial charge in [-0.1, -0.05) is 30.3 Å². The number of nitrogens with zero attached hydrogens (tertiary/aromatic N) is 5. The van der Waals surface area contributed by atoms with Gasteiger partial charge in [-0.15, -0.1) is 0 Å². The fraction of sp³-hybridized carbons (Fsp3) is 0.0769. The molecule has 5 aromatic rings. The molecule has 0 saturated heterocycles. The number of hydrogen-bond donors (Lipinski definition) is 1. The average molecular weight is 451 g/mol. The van der Waals surface area contributed by atoms with Gasteiger partial charge in [0, 0.05) is 36.8 Å². The van der Waals surface area contributed by atoms with Crippen LogP contribution in [-0.2, 0) is 7.05 Å². The van der Waals surface area contributed by atoms with Crippen LogP contribution in [0.5, 0.6) is 11.6 Å². The summed E-state index contributed by atoms with van der Waals surface area (Å²) in [5.74, 6) is 2.13. The third kappa shape index (κ3) is 4.56. The highest BCUT2D eigenvalue weighted by Gasteiger charge is 2.15. The molecule has 1 N–H and O–H groups in total. The fourth-order valence-corrected chi connectivity index (χ4v) is 3.55. The summed E-state index contributed by atoms with van der Waals surface area (Å²) in [7, 11) is 1.75. The first-order valence-corrected chi connectivity index (χ1v) is 10.7. The topological polar surface area (TPSA) is 86.9 Å². The number of aromatic nitrogens is 5. The Kier molecular flexibility index (Phi) is 5.61. The van der Waals surface area contributed by atoms with Crippen LogP contribution in [0.15, 0.2) is 91.3 Å². The maximum absolute atomic E-state index is 12.8. The second-order valence-electron chi connectivity index (χ2n) is 7.69. The zero-order valence-electron chi connectivity index (χ0n) is 18.7. The van der Waals surface area contributed by atoms with E-state index in [9.17, 15) is 4.79 Å². The van der Waals surface area contributed by atoms with Gasteiger partial charge < -0.3 is 14.6 Å². The van der Waals surface area contributed by atoms with Gasteiger partial charge in [0.2, 0.25) is 5.88 Å². The molecule has 3 aromatic heterocycles. The molecule has 34 heavy (non-hydrogen) atoms. The number of benzene rings is 2. The molecule has 0 unspecified atom stereocenters. The van der Waals surface area contributed by atoms with Crippen LogP contribution < -0.4 is 10.1 Å². The van der Waals surface area contributed by atoms with Gasteiger partial charge in [-0.25, -0.2) is 4.98 Å². The molecule has 0 radical (unpaired) electrons. The predicted molar refractivity (Wildman–Crippen MR) is 129 cm³/mol. The van der Waals surface area contributed by atoms with E-state index in [2.05, 4.69) is 20.4 Å². The van der Waals surface area contributed by atoms with Crippen molar-refractivity contribution in [2.45, 2.75) is 6.92 Å². The minimum atomic E-state index is -0.242. The molecule has 0 aliphatic rings. The van der Waals surface area contributed by atoms with E-state index >= 15 is 0 Å². The van der Waals surface area contributed by atoms with Gasteiger partial charge in [-0.3, -0.25) is 9.48 Å². The fourth-order valence-electron chi connectivity index (χ4n) is 3.55. The van der Waals surface area contributed by atoms with E-state index in [0.29, 0.717) is 28.8 Å². The Labute approximate surface area is 196 Å². The molecule has 0 saturated carbocycles. The number of ether oxygens (including phenoxy) is 1. The molecule has 5 rings (SSSR count). The molecule has 168 valence electrons. The van der Waals surface area contributed by atoms with Gasteiger partial charge in [0.25, 0.3) is 5.91 Å². The summed E-state index contributed by atoms with van der Waals surface area (Å²) in [6.45, 7) is 1.82. The van der Waals surface area contributed by atoms with Crippen LogP contribution >= 0.6 is 0 Å². The molecule has 3 heterocycles. The van der Waals surface area contributed by atoms with E-state index in [4.69, 9.17) is 4.74 Å². The van der Waals surface area contributed by atoms with Crippen LogP contribution in [0.3, 0.4) is 0 Å². The molecular formula is C26H22N6O2. The molecule has 0 atom stereocenters. The van der Waals surface area contributed by atoms with E-state index in [1.165, 1.54) is 0 Å². The number of aryl methyl sites for hydroxylation is 2. The number of amides is 1. The number of anilines is 1. The smallest absolute Gasteiger partial charge is 0.273 e. The van der Waals surface area contributed by atoms with E-state index in [-0.39, 0.29) is 5.91 Å². The van der Waals surface area contributed by atoms with Crippen molar-refractivity contribution in [1.82, 2.24) is 24.3 Å². The first-order valence-electron chi connectivity index (χ1n) is 10.7. The van der Waals surface area contributed by atoms with E-state index in [0.717, 1.165) is 17.1 Å². The maximum Gasteiger partial charge on any atom is 0.273 e. The molecule has 8 heteroatoms. The largest absolute Gasteiger partial charge is 0.439 e. The molecule has 8 nitrogen and oxygen atoms in total. The summed E-state index contributed by atoms with van der Waals surface area (Å²) in [6, 6.07) is 24.3. The molecule has 0 fully saturated rings. The minimum absolute atomic E-state index is 0.242. The monoisotopic (exact) mass is 450 g/mol. The van der Waals surface area contributed by atoms with Crippen molar-refractivity contribution < 1.29 is 9.53 Å². The summed E-state index contributed by atoms with van der Waals surface area (Å²) >= 11 is 0. The van der Waals surface area contributed by atoms with Crippen LogP contribution in [0, 0.1) is 6.92 Å². The Morgan fingerprint density at radius 1 is 0.912 bits per heavy atom.